The maximum absolute atomic E-state index is 12.5. The number of nitrogens with zero attached hydrogens (tertiary/aromatic N) is 2. The lowest BCUT2D eigenvalue weighted by Crippen LogP contribution is -2.30. The Labute approximate surface area is 193 Å². The van der Waals surface area contributed by atoms with E-state index in [1.807, 2.05) is 0 Å². The van der Waals surface area contributed by atoms with E-state index in [-0.39, 0.29) is 46.9 Å². The number of nitro benzene ring substituents is 1. The van der Waals surface area contributed by atoms with E-state index in [0.29, 0.717) is 19.3 Å². The summed E-state index contributed by atoms with van der Waals surface area (Å²) in [5.74, 6) is -3.12. The van der Waals surface area contributed by atoms with Crippen molar-refractivity contribution in [2.45, 2.75) is 39.5 Å². The number of nitro groups is 1. The highest BCUT2D eigenvalue weighted by atomic mass is 16.6. The molecule has 3 N–H and O–H groups in total. The van der Waals surface area contributed by atoms with Gasteiger partial charge in [-0.25, -0.2) is 0 Å². The number of unbranched alkanes of at least 4 members (excludes halogenated alkanes) is 2. The van der Waals surface area contributed by atoms with Gasteiger partial charge in [-0.05, 0) is 32.8 Å². The van der Waals surface area contributed by atoms with Gasteiger partial charge in [0.1, 0.15) is 16.9 Å². The fourth-order valence-corrected chi connectivity index (χ4v) is 3.88. The summed E-state index contributed by atoms with van der Waals surface area (Å²) >= 11 is 0. The van der Waals surface area contributed by atoms with Crippen LogP contribution < -0.4 is 11.1 Å². The first-order chi connectivity index (χ1) is 16.0. The van der Waals surface area contributed by atoms with Crippen LogP contribution in [0, 0.1) is 17.0 Å². The fraction of sp³-hybridized carbons (Fsp3) is 0.318. The minimum absolute atomic E-state index is 0.00232. The number of ketones is 1. The Morgan fingerprint density at radius 3 is 2.44 bits per heavy atom. The number of amides is 4. The molecule has 1 aromatic carbocycles. The number of fused-ring (bicyclic) bond motifs is 1. The predicted octanol–water partition coefficient (Wildman–Crippen LogP) is 2.59. The highest BCUT2D eigenvalue weighted by molar-refractivity contribution is 6.23. The standard InChI is InChI=1S/C22H22N4O8/c1-11(27)16-12(2)34-20(18(16)19(23)29)24-15(28)9-4-3-5-10-25-21(30)13-7-6-8-14(26(32)33)17(13)22(25)31/h6-8H,3-5,9-10H2,1-2H3,(H2,23,29)(H,24,28). The molecule has 0 unspecified atom stereocenters. The van der Waals surface area contributed by atoms with Crippen LogP contribution in [-0.4, -0.2) is 45.8 Å². The van der Waals surface area contributed by atoms with Gasteiger partial charge in [0.15, 0.2) is 5.78 Å². The molecule has 2 heterocycles. The van der Waals surface area contributed by atoms with Gasteiger partial charge in [-0.1, -0.05) is 12.5 Å². The molecule has 4 amide bonds. The van der Waals surface area contributed by atoms with E-state index in [2.05, 4.69) is 5.32 Å². The maximum Gasteiger partial charge on any atom is 0.282 e. The lowest BCUT2D eigenvalue weighted by Gasteiger charge is -2.13. The lowest BCUT2D eigenvalue weighted by molar-refractivity contribution is -0.385. The number of aryl methyl sites for hydroxylation is 1. The van der Waals surface area contributed by atoms with Gasteiger partial charge in [-0.2, -0.15) is 0 Å². The quantitative estimate of drug-likeness (QED) is 0.174. The number of Topliss-reactive ketones (excluding diaryl/α,β-unsaturated/α-hetero) is 1. The van der Waals surface area contributed by atoms with Crippen LogP contribution >= 0.6 is 0 Å². The first-order valence-electron chi connectivity index (χ1n) is 10.4. The first-order valence-corrected chi connectivity index (χ1v) is 10.4. The molecule has 2 aromatic rings. The molecule has 0 atom stereocenters. The zero-order valence-electron chi connectivity index (χ0n) is 18.5. The number of nitrogens with one attached hydrogen (secondary N) is 1. The zero-order valence-corrected chi connectivity index (χ0v) is 18.5. The van der Waals surface area contributed by atoms with Gasteiger partial charge in [0, 0.05) is 19.0 Å². The zero-order chi connectivity index (χ0) is 25.2. The molecular formula is C22H22N4O8. The molecule has 0 saturated heterocycles. The average molecular weight is 470 g/mol. The monoisotopic (exact) mass is 470 g/mol. The van der Waals surface area contributed by atoms with E-state index in [1.54, 1.807) is 0 Å². The highest BCUT2D eigenvalue weighted by Gasteiger charge is 2.40. The summed E-state index contributed by atoms with van der Waals surface area (Å²) < 4.78 is 5.33. The molecule has 0 fully saturated rings. The SMILES string of the molecule is CC(=O)c1c(C)oc(NC(=O)CCCCCN2C(=O)c3cccc([N+](=O)[O-])c3C2=O)c1C(N)=O. The molecule has 0 aliphatic carbocycles. The van der Waals surface area contributed by atoms with E-state index in [1.165, 1.54) is 32.0 Å². The molecule has 0 saturated carbocycles. The topological polar surface area (TPSA) is 183 Å². The predicted molar refractivity (Wildman–Crippen MR) is 118 cm³/mol. The van der Waals surface area contributed by atoms with Crippen LogP contribution in [0.5, 0.6) is 0 Å². The Kier molecular flexibility index (Phi) is 6.89. The van der Waals surface area contributed by atoms with Gasteiger partial charge in [0.05, 0.1) is 16.1 Å². The van der Waals surface area contributed by atoms with E-state index in [9.17, 15) is 34.1 Å². The number of nitrogens with two attached hydrogens (primary N) is 1. The largest absolute Gasteiger partial charge is 0.444 e. The smallest absolute Gasteiger partial charge is 0.282 e. The number of primary amides is 1. The van der Waals surface area contributed by atoms with Gasteiger partial charge in [-0.3, -0.25) is 44.3 Å². The molecule has 34 heavy (non-hydrogen) atoms. The summed E-state index contributed by atoms with van der Waals surface area (Å²) in [7, 11) is 0. The number of carbonyl (C=O) groups is 5. The molecule has 1 aromatic heterocycles. The van der Waals surface area contributed by atoms with Crippen LogP contribution in [-0.2, 0) is 4.79 Å². The summed E-state index contributed by atoms with van der Waals surface area (Å²) in [5.41, 5.74) is 4.54. The second-order valence-corrected chi connectivity index (χ2v) is 7.74. The van der Waals surface area contributed by atoms with Gasteiger partial charge in [-0.15, -0.1) is 0 Å². The van der Waals surface area contributed by atoms with Crippen LogP contribution in [0.25, 0.3) is 0 Å². The van der Waals surface area contributed by atoms with Crippen LogP contribution in [0.2, 0.25) is 0 Å². The van der Waals surface area contributed by atoms with Crippen molar-refractivity contribution in [1.29, 1.82) is 0 Å². The van der Waals surface area contributed by atoms with E-state index in [4.69, 9.17) is 10.2 Å². The Morgan fingerprint density at radius 2 is 1.82 bits per heavy atom. The van der Waals surface area contributed by atoms with E-state index >= 15 is 0 Å². The second-order valence-electron chi connectivity index (χ2n) is 7.74. The van der Waals surface area contributed by atoms with Crippen LogP contribution in [0.1, 0.15) is 79.8 Å². The van der Waals surface area contributed by atoms with Crippen molar-refractivity contribution in [2.75, 3.05) is 11.9 Å². The van der Waals surface area contributed by atoms with Crippen molar-refractivity contribution in [3.8, 4) is 0 Å². The van der Waals surface area contributed by atoms with E-state index in [0.717, 1.165) is 4.90 Å². The van der Waals surface area contributed by atoms with Crippen molar-refractivity contribution >= 4 is 41.0 Å². The van der Waals surface area contributed by atoms with Crippen molar-refractivity contribution in [2.24, 2.45) is 5.73 Å². The molecule has 0 spiro atoms. The highest BCUT2D eigenvalue weighted by Crippen LogP contribution is 2.31. The van der Waals surface area contributed by atoms with Gasteiger partial charge in [0.25, 0.3) is 23.4 Å². The normalized spacial score (nSPS) is 12.6. The summed E-state index contributed by atoms with van der Waals surface area (Å²) in [6, 6.07) is 3.91. The number of hydrogen-bond donors (Lipinski definition) is 2. The Balaban J connectivity index is 1.53. The second kappa shape index (κ2) is 9.65. The number of carbonyl (C=O) groups excluding carboxylic acids is 5. The van der Waals surface area contributed by atoms with E-state index < -0.39 is 40.0 Å². The third-order valence-corrected chi connectivity index (χ3v) is 5.39. The van der Waals surface area contributed by atoms with Crippen LogP contribution in [0.4, 0.5) is 11.6 Å². The molecular weight excluding hydrogens is 448 g/mol. The lowest BCUT2D eigenvalue weighted by atomic mass is 10.1. The van der Waals surface area contributed by atoms with Crippen molar-refractivity contribution < 1.29 is 33.3 Å². The third kappa shape index (κ3) is 4.56. The fourth-order valence-electron chi connectivity index (χ4n) is 3.88. The van der Waals surface area contributed by atoms with Gasteiger partial charge < -0.3 is 10.2 Å². The molecule has 1 aliphatic rings. The average Bonchev–Trinajstić information content (AvgIpc) is 3.22. The van der Waals surface area contributed by atoms with Gasteiger partial charge >= 0.3 is 0 Å². The number of hydrogen-bond acceptors (Lipinski definition) is 8. The van der Waals surface area contributed by atoms with Crippen molar-refractivity contribution in [3.63, 3.8) is 0 Å². The molecule has 0 radical (unpaired) electrons. The Morgan fingerprint density at radius 1 is 1.12 bits per heavy atom. The number of benzene rings is 1. The molecule has 1 aliphatic heterocycles. The third-order valence-electron chi connectivity index (χ3n) is 5.39. The van der Waals surface area contributed by atoms with Crippen molar-refractivity contribution in [3.05, 3.63) is 56.3 Å². The molecule has 0 bridgehead atoms. The summed E-state index contributed by atoms with van der Waals surface area (Å²) in [6.07, 6.45) is 1.29. The summed E-state index contributed by atoms with van der Waals surface area (Å²) in [5, 5.41) is 13.6. The molecule has 12 heteroatoms. The number of anilines is 1. The van der Waals surface area contributed by atoms with Crippen molar-refractivity contribution in [1.82, 2.24) is 4.90 Å². The molecule has 3 rings (SSSR count). The first kappa shape index (κ1) is 24.3. The summed E-state index contributed by atoms with van der Waals surface area (Å²) in [6.45, 7) is 2.78. The minimum Gasteiger partial charge on any atom is -0.444 e. The summed E-state index contributed by atoms with van der Waals surface area (Å²) in [4.78, 5) is 72.2. The molecule has 12 nitrogen and oxygen atoms in total. The van der Waals surface area contributed by atoms with Gasteiger partial charge in [0.2, 0.25) is 11.8 Å². The number of imide groups is 1. The number of furan rings is 1. The Bertz CT molecular complexity index is 1230. The van der Waals surface area contributed by atoms with Crippen LogP contribution in [0.15, 0.2) is 22.6 Å². The number of rotatable bonds is 10. The molecule has 178 valence electrons. The Hall–Kier alpha value is -4.35. The minimum atomic E-state index is -0.904. The van der Waals surface area contributed by atoms with Crippen LogP contribution in [0.3, 0.4) is 0 Å². The maximum atomic E-state index is 12.5.